The molecular weight excluding hydrogens is 268 g/mol. The van der Waals surface area contributed by atoms with Gasteiger partial charge in [-0.05, 0) is 40.5 Å². The van der Waals surface area contributed by atoms with Crippen molar-refractivity contribution in [3.63, 3.8) is 0 Å². The van der Waals surface area contributed by atoms with Crippen molar-refractivity contribution in [1.82, 2.24) is 0 Å². The van der Waals surface area contributed by atoms with Gasteiger partial charge in [0.25, 0.3) is 0 Å². The third-order valence-corrected chi connectivity index (χ3v) is 3.75. The van der Waals surface area contributed by atoms with E-state index in [4.69, 9.17) is 21.1 Å². The maximum Gasteiger partial charge on any atom is 0.333 e. The Morgan fingerprint density at radius 1 is 1.32 bits per heavy atom. The molecule has 2 atom stereocenters. The van der Waals surface area contributed by atoms with E-state index in [1.54, 1.807) is 13.8 Å². The molecule has 1 aliphatic rings. The van der Waals surface area contributed by atoms with Crippen molar-refractivity contribution in [3.05, 3.63) is 11.1 Å². The number of rotatable bonds is 4. The first-order valence-electron chi connectivity index (χ1n) is 6.54. The number of hydrogen-bond donors (Lipinski definition) is 0. The highest BCUT2D eigenvalue weighted by Crippen LogP contribution is 2.42. The molecule has 19 heavy (non-hydrogen) atoms. The summed E-state index contributed by atoms with van der Waals surface area (Å²) >= 11 is 6.42. The quantitative estimate of drug-likeness (QED) is 0.590. The molecule has 1 rings (SSSR count). The van der Waals surface area contributed by atoms with Crippen molar-refractivity contribution in [2.24, 2.45) is 5.92 Å². The van der Waals surface area contributed by atoms with Crippen molar-refractivity contribution < 1.29 is 19.1 Å². The Balaban J connectivity index is 2.98. The van der Waals surface area contributed by atoms with Crippen molar-refractivity contribution in [2.45, 2.75) is 45.4 Å². The molecule has 0 aromatic carbocycles. The number of carbonyl (C=O) groups is 2. The van der Waals surface area contributed by atoms with Crippen LogP contribution in [0.3, 0.4) is 0 Å². The van der Waals surface area contributed by atoms with Gasteiger partial charge in [-0.1, -0.05) is 5.57 Å². The molecule has 0 spiro atoms. The third-order valence-electron chi connectivity index (χ3n) is 3.35. The topological polar surface area (TPSA) is 52.6 Å². The van der Waals surface area contributed by atoms with Crippen LogP contribution >= 0.6 is 11.6 Å². The zero-order valence-electron chi connectivity index (χ0n) is 11.9. The maximum absolute atomic E-state index is 12.0. The summed E-state index contributed by atoms with van der Waals surface area (Å²) in [4.78, 5) is 23.1. The fraction of sp³-hybridized carbons (Fsp3) is 0.714. The fourth-order valence-corrected chi connectivity index (χ4v) is 2.75. The van der Waals surface area contributed by atoms with Gasteiger partial charge in [-0.2, -0.15) is 0 Å². The van der Waals surface area contributed by atoms with Crippen molar-refractivity contribution in [1.29, 1.82) is 0 Å². The highest BCUT2D eigenvalue weighted by molar-refractivity contribution is 6.25. The van der Waals surface area contributed by atoms with E-state index in [1.165, 1.54) is 0 Å². The number of esters is 2. The van der Waals surface area contributed by atoms with Crippen LogP contribution in [0.1, 0.15) is 40.5 Å². The Kier molecular flexibility index (Phi) is 5.41. The van der Waals surface area contributed by atoms with Crippen LogP contribution in [-0.4, -0.2) is 30.0 Å². The smallest absolute Gasteiger partial charge is 0.333 e. The van der Waals surface area contributed by atoms with Gasteiger partial charge in [-0.25, -0.2) is 4.79 Å². The van der Waals surface area contributed by atoms with Crippen LogP contribution in [0.25, 0.3) is 0 Å². The highest BCUT2D eigenvalue weighted by Gasteiger charge is 2.44. The molecule has 0 saturated carbocycles. The predicted molar refractivity (Wildman–Crippen MR) is 72.9 cm³/mol. The number of halogens is 1. The fourth-order valence-electron chi connectivity index (χ4n) is 2.39. The SMILES string of the molecule is CCOC(=O)C1=C(C)CC(C)(Cl)C(C(=O)OCC)C1. The molecule has 0 aliphatic heterocycles. The summed E-state index contributed by atoms with van der Waals surface area (Å²) in [5, 5.41) is 0. The first-order valence-corrected chi connectivity index (χ1v) is 6.92. The van der Waals surface area contributed by atoms with Crippen LogP contribution < -0.4 is 0 Å². The molecule has 0 aromatic rings. The summed E-state index contributed by atoms with van der Waals surface area (Å²) in [6.45, 7) is 7.79. The van der Waals surface area contributed by atoms with Crippen LogP contribution in [0, 0.1) is 5.92 Å². The van der Waals surface area contributed by atoms with Crippen LogP contribution in [0.15, 0.2) is 11.1 Å². The molecule has 5 heteroatoms. The molecule has 4 nitrogen and oxygen atoms in total. The molecule has 0 N–H and O–H groups in total. The Morgan fingerprint density at radius 3 is 2.42 bits per heavy atom. The van der Waals surface area contributed by atoms with Gasteiger partial charge in [-0.3, -0.25) is 4.79 Å². The lowest BCUT2D eigenvalue weighted by molar-refractivity contribution is -0.149. The molecule has 0 saturated heterocycles. The second kappa shape index (κ2) is 6.42. The standard InChI is InChI=1S/C14H21ClO4/c1-5-18-12(16)10-7-11(13(17)19-6-2)14(4,15)8-9(10)3/h11H,5-8H2,1-4H3. The number of hydrogen-bond acceptors (Lipinski definition) is 4. The Labute approximate surface area is 119 Å². The van der Waals surface area contributed by atoms with Crippen molar-refractivity contribution in [3.8, 4) is 0 Å². The minimum absolute atomic E-state index is 0.281. The number of carbonyl (C=O) groups excluding carboxylic acids is 2. The van der Waals surface area contributed by atoms with Gasteiger partial charge < -0.3 is 9.47 Å². The summed E-state index contributed by atoms with van der Waals surface area (Å²) in [6.07, 6.45) is 0.760. The van der Waals surface area contributed by atoms with Crippen molar-refractivity contribution in [2.75, 3.05) is 13.2 Å². The molecular formula is C14H21ClO4. The number of ether oxygens (including phenoxy) is 2. The predicted octanol–water partition coefficient (Wildman–Crippen LogP) is 2.84. The summed E-state index contributed by atoms with van der Waals surface area (Å²) in [7, 11) is 0. The molecule has 0 radical (unpaired) electrons. The van der Waals surface area contributed by atoms with E-state index in [0.29, 0.717) is 25.2 Å². The second-order valence-electron chi connectivity index (χ2n) is 4.94. The first kappa shape index (κ1) is 16.0. The zero-order valence-corrected chi connectivity index (χ0v) is 12.7. The monoisotopic (exact) mass is 288 g/mol. The van der Waals surface area contributed by atoms with E-state index in [2.05, 4.69) is 0 Å². The molecule has 0 heterocycles. The summed E-state index contributed by atoms with van der Waals surface area (Å²) in [6, 6.07) is 0. The average Bonchev–Trinajstić information content (AvgIpc) is 2.28. The Hall–Kier alpha value is -1.03. The summed E-state index contributed by atoms with van der Waals surface area (Å²) < 4.78 is 10.1. The lowest BCUT2D eigenvalue weighted by atomic mass is 9.76. The first-order chi connectivity index (χ1) is 8.83. The van der Waals surface area contributed by atoms with Gasteiger partial charge in [0.2, 0.25) is 0 Å². The van der Waals surface area contributed by atoms with Crippen LogP contribution in [-0.2, 0) is 19.1 Å². The second-order valence-corrected chi connectivity index (χ2v) is 5.81. The molecule has 0 bridgehead atoms. The van der Waals surface area contributed by atoms with Crippen LogP contribution in [0.2, 0.25) is 0 Å². The Bertz CT molecular complexity index is 398. The van der Waals surface area contributed by atoms with Gasteiger partial charge in [0.05, 0.1) is 24.0 Å². The van der Waals surface area contributed by atoms with Crippen molar-refractivity contribution >= 4 is 23.5 Å². The van der Waals surface area contributed by atoms with Gasteiger partial charge in [-0.15, -0.1) is 11.6 Å². The van der Waals surface area contributed by atoms with Crippen LogP contribution in [0.5, 0.6) is 0 Å². The van der Waals surface area contributed by atoms with E-state index in [0.717, 1.165) is 5.57 Å². The summed E-state index contributed by atoms with van der Waals surface area (Å²) in [5.41, 5.74) is 1.44. The van der Waals surface area contributed by atoms with Gasteiger partial charge >= 0.3 is 11.9 Å². The molecule has 108 valence electrons. The van der Waals surface area contributed by atoms with E-state index >= 15 is 0 Å². The largest absolute Gasteiger partial charge is 0.466 e. The summed E-state index contributed by atoms with van der Waals surface area (Å²) in [5.74, 6) is -1.23. The van der Waals surface area contributed by atoms with E-state index in [-0.39, 0.29) is 18.4 Å². The number of allylic oxidation sites excluding steroid dienone is 1. The lowest BCUT2D eigenvalue weighted by Gasteiger charge is -2.35. The van der Waals surface area contributed by atoms with Crippen LogP contribution in [0.4, 0.5) is 0 Å². The minimum Gasteiger partial charge on any atom is -0.466 e. The van der Waals surface area contributed by atoms with Gasteiger partial charge in [0.1, 0.15) is 0 Å². The van der Waals surface area contributed by atoms with Gasteiger partial charge in [0, 0.05) is 5.57 Å². The molecule has 1 aliphatic carbocycles. The molecule has 0 aromatic heterocycles. The third kappa shape index (κ3) is 3.72. The molecule has 0 amide bonds. The average molecular weight is 289 g/mol. The minimum atomic E-state index is -0.716. The lowest BCUT2D eigenvalue weighted by Crippen LogP contribution is -2.40. The number of alkyl halides is 1. The van der Waals surface area contributed by atoms with Gasteiger partial charge in [0.15, 0.2) is 0 Å². The zero-order chi connectivity index (χ0) is 14.6. The molecule has 2 unspecified atom stereocenters. The highest BCUT2D eigenvalue weighted by atomic mass is 35.5. The van der Waals surface area contributed by atoms with E-state index in [1.807, 2.05) is 13.8 Å². The van der Waals surface area contributed by atoms with E-state index < -0.39 is 10.8 Å². The maximum atomic E-state index is 12.0. The van der Waals surface area contributed by atoms with E-state index in [9.17, 15) is 9.59 Å². The Morgan fingerprint density at radius 2 is 1.89 bits per heavy atom. The molecule has 0 fully saturated rings. The normalized spacial score (nSPS) is 27.1.